The quantitative estimate of drug-likeness (QED) is 0.129. The normalized spacial score (nSPS) is 13.6. The van der Waals surface area contributed by atoms with Gasteiger partial charge in [-0.1, -0.05) is 87.0 Å². The number of methoxy groups -OCH3 is 1. The first kappa shape index (κ1) is 28.9. The number of rotatable bonds is 12. The fourth-order valence-electron chi connectivity index (χ4n) is 4.53. The SMILES string of the molecule is CCCCCCCCOc1c(Cl)cc(C=C2C(=O)N(c3ccccc3)C(=O)N(c3ccccc3)C2=O)cc1OC. The van der Waals surface area contributed by atoms with E-state index in [1.807, 2.05) is 0 Å². The summed E-state index contributed by atoms with van der Waals surface area (Å²) in [6.45, 7) is 2.69. The van der Waals surface area contributed by atoms with Gasteiger partial charge in [0.2, 0.25) is 0 Å². The fourth-order valence-corrected chi connectivity index (χ4v) is 4.80. The van der Waals surface area contributed by atoms with Crippen molar-refractivity contribution in [3.63, 3.8) is 0 Å². The summed E-state index contributed by atoms with van der Waals surface area (Å²) >= 11 is 6.58. The number of urea groups is 1. The Morgan fingerprint density at radius 2 is 1.32 bits per heavy atom. The van der Waals surface area contributed by atoms with Crippen molar-refractivity contribution in [3.8, 4) is 11.5 Å². The summed E-state index contributed by atoms with van der Waals surface area (Å²) in [7, 11) is 1.50. The molecule has 0 unspecified atom stereocenters. The fraction of sp³-hybridized carbons (Fsp3) is 0.281. The van der Waals surface area contributed by atoms with Crippen molar-refractivity contribution in [1.82, 2.24) is 0 Å². The summed E-state index contributed by atoms with van der Waals surface area (Å²) in [4.78, 5) is 42.7. The van der Waals surface area contributed by atoms with E-state index in [0.717, 1.165) is 22.6 Å². The zero-order valence-corrected chi connectivity index (χ0v) is 23.5. The molecule has 40 heavy (non-hydrogen) atoms. The summed E-state index contributed by atoms with van der Waals surface area (Å²) in [5.41, 5.74) is 0.976. The van der Waals surface area contributed by atoms with Gasteiger partial charge in [0.15, 0.2) is 11.5 Å². The van der Waals surface area contributed by atoms with E-state index in [-0.39, 0.29) is 5.57 Å². The molecular formula is C32H33ClN2O5. The molecule has 0 N–H and O–H groups in total. The van der Waals surface area contributed by atoms with Crippen molar-refractivity contribution in [2.24, 2.45) is 0 Å². The average Bonchev–Trinajstić information content (AvgIpc) is 2.96. The maximum Gasteiger partial charge on any atom is 0.343 e. The molecule has 7 nitrogen and oxygen atoms in total. The molecule has 4 amide bonds. The lowest BCUT2D eigenvalue weighted by molar-refractivity contribution is -0.121. The Morgan fingerprint density at radius 1 is 0.775 bits per heavy atom. The second kappa shape index (κ2) is 13.8. The number of hydrogen-bond acceptors (Lipinski definition) is 5. The van der Waals surface area contributed by atoms with Crippen LogP contribution in [0.2, 0.25) is 5.02 Å². The zero-order valence-electron chi connectivity index (χ0n) is 22.8. The summed E-state index contributed by atoms with van der Waals surface area (Å²) in [6, 6.07) is 19.5. The van der Waals surface area contributed by atoms with E-state index in [0.29, 0.717) is 40.1 Å². The van der Waals surface area contributed by atoms with Crippen molar-refractivity contribution < 1.29 is 23.9 Å². The number of amides is 4. The predicted molar refractivity (Wildman–Crippen MR) is 158 cm³/mol. The highest BCUT2D eigenvalue weighted by atomic mass is 35.5. The van der Waals surface area contributed by atoms with E-state index in [9.17, 15) is 14.4 Å². The minimum atomic E-state index is -0.751. The van der Waals surface area contributed by atoms with Crippen molar-refractivity contribution in [2.45, 2.75) is 45.4 Å². The van der Waals surface area contributed by atoms with Gasteiger partial charge in [-0.15, -0.1) is 0 Å². The third-order valence-corrected chi connectivity index (χ3v) is 6.87. The second-order valence-electron chi connectivity index (χ2n) is 9.44. The summed E-state index contributed by atoms with van der Waals surface area (Å²) in [6.07, 6.45) is 8.22. The van der Waals surface area contributed by atoms with Gasteiger partial charge in [-0.05, 0) is 54.5 Å². The number of halogens is 1. The van der Waals surface area contributed by atoms with Gasteiger partial charge in [0.1, 0.15) is 5.57 Å². The molecule has 4 rings (SSSR count). The lowest BCUT2D eigenvalue weighted by Crippen LogP contribution is -2.57. The van der Waals surface area contributed by atoms with Crippen LogP contribution in [-0.4, -0.2) is 31.6 Å². The zero-order chi connectivity index (χ0) is 28.5. The number of para-hydroxylation sites is 2. The molecule has 8 heteroatoms. The first-order valence-corrected chi connectivity index (χ1v) is 13.9. The average molecular weight is 561 g/mol. The van der Waals surface area contributed by atoms with Crippen LogP contribution in [0.1, 0.15) is 51.0 Å². The molecule has 0 bridgehead atoms. The van der Waals surface area contributed by atoms with Crippen molar-refractivity contribution >= 4 is 46.9 Å². The van der Waals surface area contributed by atoms with Crippen LogP contribution in [0.3, 0.4) is 0 Å². The number of ether oxygens (including phenoxy) is 2. The highest BCUT2D eigenvalue weighted by Crippen LogP contribution is 2.38. The number of imide groups is 2. The molecular weight excluding hydrogens is 528 g/mol. The van der Waals surface area contributed by atoms with Gasteiger partial charge in [0, 0.05) is 0 Å². The molecule has 208 valence electrons. The Morgan fingerprint density at radius 3 is 1.88 bits per heavy atom. The maximum absolute atomic E-state index is 13.6. The van der Waals surface area contributed by atoms with Crippen LogP contribution in [0.4, 0.5) is 16.2 Å². The third kappa shape index (κ3) is 6.54. The van der Waals surface area contributed by atoms with Crippen LogP contribution < -0.4 is 19.3 Å². The molecule has 0 aliphatic carbocycles. The van der Waals surface area contributed by atoms with Gasteiger partial charge in [0.05, 0.1) is 30.1 Å². The largest absolute Gasteiger partial charge is 0.493 e. The highest BCUT2D eigenvalue weighted by Gasteiger charge is 2.43. The molecule has 0 saturated carbocycles. The number of carbonyl (C=O) groups excluding carboxylic acids is 3. The number of benzene rings is 3. The molecule has 1 saturated heterocycles. The van der Waals surface area contributed by atoms with E-state index in [1.54, 1.807) is 72.8 Å². The van der Waals surface area contributed by atoms with Crippen LogP contribution in [0, 0.1) is 0 Å². The number of hydrogen-bond donors (Lipinski definition) is 0. The molecule has 1 heterocycles. The Hall–Kier alpha value is -4.10. The van der Waals surface area contributed by atoms with Crippen LogP contribution in [0.5, 0.6) is 11.5 Å². The van der Waals surface area contributed by atoms with E-state index in [2.05, 4.69) is 6.92 Å². The molecule has 3 aromatic carbocycles. The molecule has 1 aliphatic rings. The number of carbonyl (C=O) groups is 3. The topological polar surface area (TPSA) is 76.2 Å². The number of nitrogens with zero attached hydrogens (tertiary/aromatic N) is 2. The van der Waals surface area contributed by atoms with Crippen molar-refractivity contribution in [1.29, 1.82) is 0 Å². The summed E-state index contributed by atoms with van der Waals surface area (Å²) in [5.74, 6) is -0.663. The van der Waals surface area contributed by atoms with Gasteiger partial charge in [-0.3, -0.25) is 9.59 Å². The van der Waals surface area contributed by atoms with Gasteiger partial charge < -0.3 is 9.47 Å². The maximum atomic E-state index is 13.6. The molecule has 0 aromatic heterocycles. The first-order valence-electron chi connectivity index (χ1n) is 13.5. The molecule has 0 radical (unpaired) electrons. The number of anilines is 2. The predicted octanol–water partition coefficient (Wildman–Crippen LogP) is 7.67. The number of barbiturate groups is 1. The Balaban J connectivity index is 1.65. The Labute approximate surface area is 239 Å². The van der Waals surface area contributed by atoms with E-state index < -0.39 is 17.8 Å². The third-order valence-electron chi connectivity index (χ3n) is 6.59. The summed E-state index contributed by atoms with van der Waals surface area (Å²) < 4.78 is 11.5. The standard InChI is InChI=1S/C32H33ClN2O5/c1-3-4-5-6-7-14-19-40-29-27(33)21-23(22-28(29)39-2)20-26-30(36)34(24-15-10-8-11-16-24)32(38)35(31(26)37)25-17-12-9-13-18-25/h8-13,15-18,20-22H,3-7,14,19H2,1-2H3. The van der Waals surface area contributed by atoms with Crippen LogP contribution >= 0.6 is 11.6 Å². The van der Waals surface area contributed by atoms with Crippen LogP contribution in [0.25, 0.3) is 6.08 Å². The molecule has 1 aliphatic heterocycles. The van der Waals surface area contributed by atoms with Crippen LogP contribution in [-0.2, 0) is 9.59 Å². The van der Waals surface area contributed by atoms with E-state index in [4.69, 9.17) is 21.1 Å². The van der Waals surface area contributed by atoms with Crippen molar-refractivity contribution in [3.05, 3.63) is 89.0 Å². The lowest BCUT2D eigenvalue weighted by Gasteiger charge is -2.34. The summed E-state index contributed by atoms with van der Waals surface area (Å²) in [5, 5.41) is 0.295. The van der Waals surface area contributed by atoms with E-state index >= 15 is 0 Å². The van der Waals surface area contributed by atoms with Crippen LogP contribution in [0.15, 0.2) is 78.4 Å². The smallest absolute Gasteiger partial charge is 0.343 e. The molecule has 3 aromatic rings. The second-order valence-corrected chi connectivity index (χ2v) is 9.85. The first-order chi connectivity index (χ1) is 19.5. The van der Waals surface area contributed by atoms with Gasteiger partial charge in [-0.25, -0.2) is 14.6 Å². The number of unbranched alkanes of at least 4 members (excludes halogenated alkanes) is 5. The van der Waals surface area contributed by atoms with Crippen molar-refractivity contribution in [2.75, 3.05) is 23.5 Å². The monoisotopic (exact) mass is 560 g/mol. The van der Waals surface area contributed by atoms with Gasteiger partial charge >= 0.3 is 6.03 Å². The van der Waals surface area contributed by atoms with Gasteiger partial charge in [-0.2, -0.15) is 0 Å². The molecule has 1 fully saturated rings. The molecule has 0 spiro atoms. The van der Waals surface area contributed by atoms with E-state index in [1.165, 1.54) is 38.9 Å². The Kier molecular flexibility index (Phi) is 9.97. The lowest BCUT2D eigenvalue weighted by atomic mass is 10.0. The highest BCUT2D eigenvalue weighted by molar-refractivity contribution is 6.46. The minimum absolute atomic E-state index is 0.189. The van der Waals surface area contributed by atoms with Gasteiger partial charge in [0.25, 0.3) is 11.8 Å². The molecule has 0 atom stereocenters. The minimum Gasteiger partial charge on any atom is -0.493 e. The Bertz CT molecular complexity index is 1310.